The molecule has 40 heavy (non-hydrogen) atoms. The fraction of sp³-hybridized carbons (Fsp3) is 0.483. The van der Waals surface area contributed by atoms with Crippen LogP contribution in [-0.2, 0) is 9.59 Å². The van der Waals surface area contributed by atoms with E-state index in [9.17, 15) is 14.7 Å². The van der Waals surface area contributed by atoms with Crippen molar-refractivity contribution in [2.24, 2.45) is 28.5 Å². The van der Waals surface area contributed by atoms with Gasteiger partial charge in [0.1, 0.15) is 23.6 Å². The predicted octanol–water partition coefficient (Wildman–Crippen LogP) is 0.426. The molecule has 0 radical (unpaired) electrons. The maximum absolute atomic E-state index is 12.8. The largest absolute Gasteiger partial charge is 0.504 e. The average molecular weight is 548 g/mol. The summed E-state index contributed by atoms with van der Waals surface area (Å²) in [6.07, 6.45) is 7.40. The number of benzene rings is 1. The minimum absolute atomic E-state index is 0.0340. The van der Waals surface area contributed by atoms with E-state index in [1.54, 1.807) is 0 Å². The van der Waals surface area contributed by atoms with E-state index in [0.29, 0.717) is 36.1 Å². The van der Waals surface area contributed by atoms with Crippen molar-refractivity contribution in [2.45, 2.75) is 31.6 Å². The van der Waals surface area contributed by atoms with Gasteiger partial charge in [-0.25, -0.2) is 4.99 Å². The maximum atomic E-state index is 12.8. The van der Waals surface area contributed by atoms with E-state index in [2.05, 4.69) is 33.0 Å². The van der Waals surface area contributed by atoms with Crippen molar-refractivity contribution in [3.8, 4) is 5.75 Å². The molecule has 0 aromatic heterocycles. The number of aliphatic hydroxyl groups excluding tert-OH is 1. The van der Waals surface area contributed by atoms with Crippen LogP contribution in [0.1, 0.15) is 18.9 Å². The van der Waals surface area contributed by atoms with Crippen molar-refractivity contribution >= 4 is 18.0 Å². The summed E-state index contributed by atoms with van der Waals surface area (Å²) >= 11 is 0. The molecule has 5 aliphatic rings. The smallest absolute Gasteiger partial charge is 0.260 e. The van der Waals surface area contributed by atoms with Crippen LogP contribution in [0.25, 0.3) is 0 Å². The number of fused-ring (bicyclic) bond motifs is 3. The lowest BCUT2D eigenvalue weighted by molar-refractivity contribution is -0.135. The molecule has 3 heterocycles. The van der Waals surface area contributed by atoms with Crippen LogP contribution in [0.15, 0.2) is 64.8 Å². The highest BCUT2D eigenvalue weighted by atomic mass is 16.5. The lowest BCUT2D eigenvalue weighted by Gasteiger charge is -2.35. The minimum atomic E-state index is -0.399. The first kappa shape index (κ1) is 26.4. The number of rotatable bonds is 9. The molecule has 212 valence electrons. The van der Waals surface area contributed by atoms with E-state index in [0.717, 1.165) is 37.9 Å². The van der Waals surface area contributed by atoms with Gasteiger partial charge in [0.25, 0.3) is 5.91 Å². The third-order valence-electron chi connectivity index (χ3n) is 8.42. The Hall–Kier alpha value is -3.83. The molecule has 2 fully saturated rings. The first-order chi connectivity index (χ1) is 19.4. The number of dihydropyridines is 1. The molecule has 1 amide bonds. The molecule has 11 nitrogen and oxygen atoms in total. The molecule has 1 aromatic rings. The number of aldehydes is 1. The van der Waals surface area contributed by atoms with E-state index in [1.165, 1.54) is 6.20 Å². The second kappa shape index (κ2) is 11.0. The number of carbonyl (C=O) groups is 2. The molecular weight excluding hydrogens is 510 g/mol. The van der Waals surface area contributed by atoms with Gasteiger partial charge < -0.3 is 41.2 Å². The zero-order valence-corrected chi connectivity index (χ0v) is 22.6. The van der Waals surface area contributed by atoms with Crippen LogP contribution in [-0.4, -0.2) is 90.5 Å². The Bertz CT molecular complexity index is 1280. The van der Waals surface area contributed by atoms with Crippen molar-refractivity contribution in [1.82, 2.24) is 25.8 Å². The zero-order chi connectivity index (χ0) is 27.8. The fourth-order valence-electron chi connectivity index (χ4n) is 6.38. The van der Waals surface area contributed by atoms with Gasteiger partial charge >= 0.3 is 0 Å². The van der Waals surface area contributed by atoms with E-state index >= 15 is 0 Å². The molecule has 3 aliphatic heterocycles. The Kier molecular flexibility index (Phi) is 7.24. The summed E-state index contributed by atoms with van der Waals surface area (Å²) in [4.78, 5) is 33.5. The van der Waals surface area contributed by atoms with Crippen LogP contribution in [0, 0.1) is 17.8 Å². The number of amides is 1. The van der Waals surface area contributed by atoms with Crippen LogP contribution in [0.5, 0.6) is 5.75 Å². The molecule has 6 atom stereocenters. The van der Waals surface area contributed by atoms with Gasteiger partial charge in [-0.3, -0.25) is 9.69 Å². The van der Waals surface area contributed by atoms with Crippen molar-refractivity contribution in [3.05, 3.63) is 65.3 Å². The van der Waals surface area contributed by atoms with Gasteiger partial charge in [0, 0.05) is 62.5 Å². The zero-order valence-electron chi connectivity index (χ0n) is 22.6. The van der Waals surface area contributed by atoms with Crippen molar-refractivity contribution in [1.29, 1.82) is 0 Å². The molecule has 1 saturated heterocycles. The van der Waals surface area contributed by atoms with E-state index in [4.69, 9.17) is 15.5 Å². The topological polar surface area (TPSA) is 145 Å². The van der Waals surface area contributed by atoms with E-state index in [1.807, 2.05) is 36.1 Å². The summed E-state index contributed by atoms with van der Waals surface area (Å²) in [5.74, 6) is 1.61. The fourth-order valence-corrected chi connectivity index (χ4v) is 6.38. The molecule has 6 unspecified atom stereocenters. The summed E-state index contributed by atoms with van der Waals surface area (Å²) in [7, 11) is 0. The van der Waals surface area contributed by atoms with Crippen molar-refractivity contribution in [2.75, 3.05) is 39.3 Å². The quantitative estimate of drug-likeness (QED) is 0.220. The van der Waals surface area contributed by atoms with Crippen LogP contribution >= 0.6 is 0 Å². The maximum Gasteiger partial charge on any atom is 0.260 e. The summed E-state index contributed by atoms with van der Waals surface area (Å²) < 4.78 is 5.87. The number of carbonyl (C=O) groups excluding carboxylic acids is 2. The standard InChI is InChI=1S/C29H37N7O4/c1-17(30)14-35-7-9-36(10-8-35)24(39)16-40-21-4-2-3-20(12-21)28-33-27-26(23(38)13-31-29(27)34-28)32-25-19-6-5-18(11-19)22(25)15-37/h2-6,12-13,15,17-19,22,25,29,31-32,38H,7-11,14,16,30H2,1H3,(H,33,34). The molecule has 6 rings (SSSR count). The monoisotopic (exact) mass is 547 g/mol. The first-order valence-corrected chi connectivity index (χ1v) is 14.0. The van der Waals surface area contributed by atoms with Gasteiger partial charge in [0.05, 0.1) is 5.70 Å². The molecule has 0 spiro atoms. The van der Waals surface area contributed by atoms with Gasteiger partial charge in [-0.15, -0.1) is 0 Å². The molecule has 2 aliphatic carbocycles. The number of aliphatic hydroxyl groups is 1. The Balaban J connectivity index is 1.09. The number of ether oxygens (including phenoxy) is 1. The van der Waals surface area contributed by atoms with Gasteiger partial charge in [-0.2, -0.15) is 0 Å². The predicted molar refractivity (Wildman–Crippen MR) is 150 cm³/mol. The SMILES string of the molecule is CC(N)CN1CCN(C(=O)COc2cccc(C3=NC4NC=C(O)C(NC5C6C=CC(C6)C5C=O)=C4N3)c2)CC1. The van der Waals surface area contributed by atoms with Gasteiger partial charge in [0.15, 0.2) is 18.5 Å². The van der Waals surface area contributed by atoms with E-state index < -0.39 is 6.17 Å². The summed E-state index contributed by atoms with van der Waals surface area (Å²) in [6.45, 7) is 5.76. The minimum Gasteiger partial charge on any atom is -0.504 e. The van der Waals surface area contributed by atoms with Crippen molar-refractivity contribution < 1.29 is 19.4 Å². The number of amidine groups is 1. The lowest BCUT2D eigenvalue weighted by Crippen LogP contribution is -2.52. The second-order valence-electron chi connectivity index (χ2n) is 11.3. The number of allylic oxidation sites excluding steroid dienone is 1. The van der Waals surface area contributed by atoms with Crippen LogP contribution < -0.4 is 26.4 Å². The third kappa shape index (κ3) is 5.18. The highest BCUT2D eigenvalue weighted by Crippen LogP contribution is 2.43. The number of nitrogens with two attached hydrogens (primary N) is 1. The summed E-state index contributed by atoms with van der Waals surface area (Å²) in [6, 6.07) is 7.49. The molecule has 1 aromatic carbocycles. The number of nitrogens with one attached hydrogen (secondary N) is 3. The van der Waals surface area contributed by atoms with Crippen LogP contribution in [0.2, 0.25) is 0 Å². The summed E-state index contributed by atoms with van der Waals surface area (Å²) in [5, 5.41) is 20.6. The first-order valence-electron chi connectivity index (χ1n) is 14.0. The second-order valence-corrected chi connectivity index (χ2v) is 11.3. The highest BCUT2D eigenvalue weighted by molar-refractivity contribution is 6.02. The van der Waals surface area contributed by atoms with Crippen LogP contribution in [0.4, 0.5) is 0 Å². The van der Waals surface area contributed by atoms with Gasteiger partial charge in [-0.05, 0) is 37.3 Å². The summed E-state index contributed by atoms with van der Waals surface area (Å²) in [5.41, 5.74) is 7.95. The molecule has 6 N–H and O–H groups in total. The Morgan fingerprint density at radius 1 is 1.27 bits per heavy atom. The van der Waals surface area contributed by atoms with Gasteiger partial charge in [0.2, 0.25) is 0 Å². The molecule has 11 heteroatoms. The highest BCUT2D eigenvalue weighted by Gasteiger charge is 2.45. The number of nitrogens with zero attached hydrogens (tertiary/aromatic N) is 3. The Labute approximate surface area is 233 Å². The third-order valence-corrected chi connectivity index (χ3v) is 8.42. The number of piperazine rings is 1. The number of aliphatic imine (C=N–C) groups is 1. The van der Waals surface area contributed by atoms with Gasteiger partial charge in [-0.1, -0.05) is 24.3 Å². The Morgan fingerprint density at radius 3 is 2.85 bits per heavy atom. The lowest BCUT2D eigenvalue weighted by atomic mass is 9.89. The number of hydrogen-bond acceptors (Lipinski definition) is 10. The van der Waals surface area contributed by atoms with Crippen molar-refractivity contribution in [3.63, 3.8) is 0 Å². The molecule has 1 saturated carbocycles. The normalized spacial score (nSPS) is 29.8. The Morgan fingerprint density at radius 2 is 2.08 bits per heavy atom. The molecular formula is C29H37N7O4. The van der Waals surface area contributed by atoms with Crippen LogP contribution in [0.3, 0.4) is 0 Å². The molecule has 2 bridgehead atoms. The van der Waals surface area contributed by atoms with E-state index in [-0.39, 0.29) is 48.1 Å². The average Bonchev–Trinajstić information content (AvgIpc) is 3.69. The number of hydrogen-bond donors (Lipinski definition) is 5.